The van der Waals surface area contributed by atoms with E-state index in [1.54, 1.807) is 26.8 Å². The smallest absolute Gasteiger partial charge is 0.348 e. The lowest BCUT2D eigenvalue weighted by Gasteiger charge is -2.07. The Bertz CT molecular complexity index is 1420. The van der Waals surface area contributed by atoms with Crippen LogP contribution in [0.2, 0.25) is 0 Å². The summed E-state index contributed by atoms with van der Waals surface area (Å²) in [7, 11) is 0. The number of fused-ring (bicyclic) bond motifs is 1. The fourth-order valence-corrected chi connectivity index (χ4v) is 4.68. The number of ether oxygens (including phenoxy) is 3. The normalized spacial score (nSPS) is 10.8. The first-order chi connectivity index (χ1) is 17.4. The highest BCUT2D eigenvalue weighted by molar-refractivity contribution is 7.18. The highest BCUT2D eigenvalue weighted by Crippen LogP contribution is 2.35. The second-order valence-electron chi connectivity index (χ2n) is 7.72. The van der Waals surface area contributed by atoms with Crippen LogP contribution >= 0.6 is 11.3 Å². The maximum Gasteiger partial charge on any atom is 0.348 e. The zero-order chi connectivity index (χ0) is 25.7. The van der Waals surface area contributed by atoms with Crippen LogP contribution in [0.1, 0.15) is 55.8 Å². The molecule has 0 unspecified atom stereocenters. The van der Waals surface area contributed by atoms with Crippen molar-refractivity contribution in [1.82, 2.24) is 0 Å². The Hall–Kier alpha value is -4.11. The molecule has 9 heteroatoms. The third-order valence-electron chi connectivity index (χ3n) is 5.30. The first-order valence-corrected chi connectivity index (χ1v) is 12.2. The molecule has 0 saturated carbocycles. The zero-order valence-corrected chi connectivity index (χ0v) is 20.9. The summed E-state index contributed by atoms with van der Waals surface area (Å²) in [6.07, 6.45) is 0. The minimum atomic E-state index is -0.638. The van der Waals surface area contributed by atoms with Crippen molar-refractivity contribution in [2.45, 2.75) is 27.4 Å². The summed E-state index contributed by atoms with van der Waals surface area (Å²) in [5.41, 5.74) is 0.501. The molecule has 2 aromatic carbocycles. The largest absolute Gasteiger partial charge is 0.486 e. The maximum absolute atomic E-state index is 12.9. The van der Waals surface area contributed by atoms with Gasteiger partial charge in [0.15, 0.2) is 5.76 Å². The number of esters is 2. The summed E-state index contributed by atoms with van der Waals surface area (Å²) >= 11 is 0.953. The molecule has 0 aliphatic carbocycles. The predicted octanol–water partition coefficient (Wildman–Crippen LogP) is 5.99. The first kappa shape index (κ1) is 25.0. The van der Waals surface area contributed by atoms with Gasteiger partial charge in [0.05, 0.1) is 18.8 Å². The fraction of sp³-hybridized carbons (Fsp3) is 0.222. The van der Waals surface area contributed by atoms with Crippen molar-refractivity contribution in [3.05, 3.63) is 82.1 Å². The van der Waals surface area contributed by atoms with Crippen LogP contribution in [-0.2, 0) is 16.1 Å². The number of hydrogen-bond acceptors (Lipinski definition) is 8. The summed E-state index contributed by atoms with van der Waals surface area (Å²) in [5, 5.41) is 5.02. The number of furan rings is 1. The summed E-state index contributed by atoms with van der Waals surface area (Å²) in [4.78, 5) is 38.0. The quantitative estimate of drug-likeness (QED) is 0.278. The maximum atomic E-state index is 12.9. The lowest BCUT2D eigenvalue weighted by molar-refractivity contribution is 0.0527. The zero-order valence-electron chi connectivity index (χ0n) is 20.1. The summed E-state index contributed by atoms with van der Waals surface area (Å²) < 4.78 is 21.7. The molecule has 0 aliphatic heterocycles. The summed E-state index contributed by atoms with van der Waals surface area (Å²) in [5.74, 6) is -0.623. The van der Waals surface area contributed by atoms with Gasteiger partial charge in [0.1, 0.15) is 28.0 Å². The third-order valence-corrected chi connectivity index (χ3v) is 6.49. The van der Waals surface area contributed by atoms with Crippen molar-refractivity contribution >= 4 is 45.0 Å². The van der Waals surface area contributed by atoms with Crippen LogP contribution < -0.4 is 10.1 Å². The van der Waals surface area contributed by atoms with Crippen LogP contribution in [0.25, 0.3) is 10.8 Å². The average Bonchev–Trinajstić information content (AvgIpc) is 3.47. The lowest BCUT2D eigenvalue weighted by Crippen LogP contribution is -2.14. The lowest BCUT2D eigenvalue weighted by atomic mass is 10.1. The average molecular weight is 508 g/mol. The molecular weight excluding hydrogens is 482 g/mol. The van der Waals surface area contributed by atoms with Crippen molar-refractivity contribution in [2.75, 3.05) is 18.5 Å². The van der Waals surface area contributed by atoms with Crippen molar-refractivity contribution in [2.24, 2.45) is 0 Å². The van der Waals surface area contributed by atoms with E-state index in [1.165, 1.54) is 6.07 Å². The van der Waals surface area contributed by atoms with Gasteiger partial charge in [0.25, 0.3) is 5.91 Å². The van der Waals surface area contributed by atoms with Gasteiger partial charge < -0.3 is 23.9 Å². The predicted molar refractivity (Wildman–Crippen MR) is 136 cm³/mol. The molecule has 36 heavy (non-hydrogen) atoms. The van der Waals surface area contributed by atoms with Crippen molar-refractivity contribution in [3.63, 3.8) is 0 Å². The van der Waals surface area contributed by atoms with Gasteiger partial charge in [-0.05, 0) is 61.4 Å². The van der Waals surface area contributed by atoms with Gasteiger partial charge in [-0.3, -0.25) is 4.79 Å². The molecule has 186 valence electrons. The molecule has 0 spiro atoms. The number of carbonyl (C=O) groups is 3. The van der Waals surface area contributed by atoms with Gasteiger partial charge in [0, 0.05) is 0 Å². The molecule has 0 atom stereocenters. The number of hydrogen-bond donors (Lipinski definition) is 1. The number of thiophene rings is 1. The van der Waals surface area contributed by atoms with E-state index in [-0.39, 0.29) is 41.0 Å². The number of amides is 1. The minimum Gasteiger partial charge on any atom is -0.486 e. The summed E-state index contributed by atoms with van der Waals surface area (Å²) in [6.45, 7) is 5.44. The van der Waals surface area contributed by atoms with Gasteiger partial charge >= 0.3 is 11.9 Å². The molecule has 0 fully saturated rings. The molecule has 4 rings (SSSR count). The van der Waals surface area contributed by atoms with Crippen molar-refractivity contribution in [3.8, 4) is 5.75 Å². The van der Waals surface area contributed by atoms with Gasteiger partial charge in [-0.25, -0.2) is 9.59 Å². The van der Waals surface area contributed by atoms with E-state index >= 15 is 0 Å². The Kier molecular flexibility index (Phi) is 7.70. The number of rotatable bonds is 9. The Balaban J connectivity index is 1.48. The Labute approximate surface area is 211 Å². The highest BCUT2D eigenvalue weighted by Gasteiger charge is 2.28. The van der Waals surface area contributed by atoms with E-state index in [4.69, 9.17) is 18.6 Å². The second-order valence-corrected chi connectivity index (χ2v) is 8.74. The molecule has 0 saturated heterocycles. The Morgan fingerprint density at radius 3 is 2.39 bits per heavy atom. The van der Waals surface area contributed by atoms with E-state index in [1.807, 2.05) is 42.5 Å². The Morgan fingerprint density at radius 2 is 1.64 bits per heavy atom. The SMILES string of the molecule is CCOC(=O)c1sc(NC(=O)c2ccc(COc3ccc4ccccc4c3)o2)c(C(=O)OCC)c1C. The minimum absolute atomic E-state index is 0.0330. The molecule has 1 N–H and O–H groups in total. The molecular formula is C27H25NO7S. The van der Waals surface area contributed by atoms with Crippen LogP contribution in [-0.4, -0.2) is 31.1 Å². The third kappa shape index (κ3) is 5.41. The van der Waals surface area contributed by atoms with Crippen LogP contribution in [0.5, 0.6) is 5.75 Å². The summed E-state index contributed by atoms with van der Waals surface area (Å²) in [6, 6.07) is 16.9. The monoisotopic (exact) mass is 507 g/mol. The van der Waals surface area contributed by atoms with Crippen LogP contribution in [0.15, 0.2) is 59.0 Å². The topological polar surface area (TPSA) is 104 Å². The van der Waals surface area contributed by atoms with Gasteiger partial charge in [-0.1, -0.05) is 30.3 Å². The first-order valence-electron chi connectivity index (χ1n) is 11.4. The molecule has 1 amide bonds. The van der Waals surface area contributed by atoms with E-state index in [2.05, 4.69) is 5.32 Å². The van der Waals surface area contributed by atoms with E-state index in [0.717, 1.165) is 22.1 Å². The highest BCUT2D eigenvalue weighted by atomic mass is 32.1. The molecule has 2 aromatic heterocycles. The fourth-order valence-electron chi connectivity index (χ4n) is 3.60. The van der Waals surface area contributed by atoms with Crippen LogP contribution in [0.4, 0.5) is 5.00 Å². The Morgan fingerprint density at radius 1 is 0.917 bits per heavy atom. The van der Waals surface area contributed by atoms with E-state index in [0.29, 0.717) is 17.1 Å². The van der Waals surface area contributed by atoms with Gasteiger partial charge in [-0.15, -0.1) is 11.3 Å². The van der Waals surface area contributed by atoms with Gasteiger partial charge in [0.2, 0.25) is 0 Å². The molecule has 2 heterocycles. The molecule has 0 bridgehead atoms. The van der Waals surface area contributed by atoms with E-state index < -0.39 is 17.8 Å². The molecule has 0 aliphatic rings. The number of carbonyl (C=O) groups excluding carboxylic acids is 3. The van der Waals surface area contributed by atoms with Crippen LogP contribution in [0.3, 0.4) is 0 Å². The van der Waals surface area contributed by atoms with Crippen molar-refractivity contribution < 1.29 is 33.0 Å². The van der Waals surface area contributed by atoms with E-state index in [9.17, 15) is 14.4 Å². The molecule has 8 nitrogen and oxygen atoms in total. The van der Waals surface area contributed by atoms with Crippen LogP contribution in [0, 0.1) is 6.92 Å². The second kappa shape index (κ2) is 11.1. The van der Waals surface area contributed by atoms with Crippen molar-refractivity contribution in [1.29, 1.82) is 0 Å². The number of anilines is 1. The molecule has 4 aromatic rings. The number of benzene rings is 2. The number of nitrogens with one attached hydrogen (secondary N) is 1. The molecule has 0 radical (unpaired) electrons. The van der Waals surface area contributed by atoms with Gasteiger partial charge in [-0.2, -0.15) is 0 Å². The standard InChI is InChI=1S/C27H25NO7S/c1-4-32-26(30)22-16(3)23(27(31)33-5-2)36-25(22)28-24(29)21-13-12-20(35-21)15-34-19-11-10-17-8-6-7-9-18(17)14-19/h6-14H,4-5,15H2,1-3H3,(H,28,29).